The minimum absolute atomic E-state index is 0.0734. The summed E-state index contributed by atoms with van der Waals surface area (Å²) in [6.45, 7) is 1.83. The molecule has 0 aliphatic carbocycles. The monoisotopic (exact) mass is 517 g/mol. The van der Waals surface area contributed by atoms with Gasteiger partial charge < -0.3 is 9.84 Å². The first kappa shape index (κ1) is 27.5. The Morgan fingerprint density at radius 2 is 1.69 bits per heavy atom. The van der Waals surface area contributed by atoms with Crippen LogP contribution in [-0.4, -0.2) is 35.0 Å². The van der Waals surface area contributed by atoms with Crippen molar-refractivity contribution in [3.8, 4) is 5.75 Å². The van der Waals surface area contributed by atoms with Gasteiger partial charge in [-0.1, -0.05) is 12.1 Å². The molecule has 1 N–H and O–H groups in total. The number of carbonyl (C=O) groups excluding carboxylic acids is 1. The Morgan fingerprint density at radius 1 is 1.03 bits per heavy atom. The first-order valence-corrected chi connectivity index (χ1v) is 11.3. The van der Waals surface area contributed by atoms with Crippen LogP contribution in [0.2, 0.25) is 0 Å². The number of esters is 1. The Balaban J connectivity index is 1.66. The van der Waals surface area contributed by atoms with Crippen molar-refractivity contribution in [3.63, 3.8) is 0 Å². The standard InChI is InChI=1S/C25H25F6NO4/c1-15(20-14-18(24(26,27)28)6-7-21(20)25(29,30)31)32-11-9-17(10-12-32)23(35)36-19-4-2-3-16(13-19)5-8-22(33)34/h2-4,6-7,13-15,17H,5,8-12H2,1H3,(H,33,34). The Labute approximate surface area is 203 Å². The average molecular weight is 517 g/mol. The van der Waals surface area contributed by atoms with Crippen molar-refractivity contribution in [1.82, 2.24) is 4.90 Å². The van der Waals surface area contributed by atoms with E-state index in [-0.39, 0.29) is 44.5 Å². The van der Waals surface area contributed by atoms with Gasteiger partial charge in [0.2, 0.25) is 0 Å². The van der Waals surface area contributed by atoms with Crippen molar-refractivity contribution in [2.75, 3.05) is 13.1 Å². The Hall–Kier alpha value is -3.08. The first-order valence-electron chi connectivity index (χ1n) is 11.3. The van der Waals surface area contributed by atoms with Crippen LogP contribution in [0.3, 0.4) is 0 Å². The van der Waals surface area contributed by atoms with E-state index in [2.05, 4.69) is 0 Å². The fraction of sp³-hybridized carbons (Fsp3) is 0.440. The number of nitrogens with zero attached hydrogens (tertiary/aromatic N) is 1. The van der Waals surface area contributed by atoms with Gasteiger partial charge in [0.1, 0.15) is 5.75 Å². The van der Waals surface area contributed by atoms with Crippen molar-refractivity contribution in [3.05, 3.63) is 64.7 Å². The predicted octanol–water partition coefficient (Wildman–Crippen LogP) is 6.12. The number of rotatable bonds is 7. The maximum absolute atomic E-state index is 13.5. The van der Waals surface area contributed by atoms with Gasteiger partial charge in [-0.25, -0.2) is 0 Å². The molecule has 2 aromatic rings. The quantitative estimate of drug-likeness (QED) is 0.272. The van der Waals surface area contributed by atoms with Crippen molar-refractivity contribution >= 4 is 11.9 Å². The molecular weight excluding hydrogens is 492 g/mol. The third-order valence-electron chi connectivity index (χ3n) is 6.29. The van der Waals surface area contributed by atoms with Crippen molar-refractivity contribution in [1.29, 1.82) is 0 Å². The van der Waals surface area contributed by atoms with E-state index in [0.29, 0.717) is 23.8 Å². The first-order chi connectivity index (χ1) is 16.8. The van der Waals surface area contributed by atoms with E-state index in [9.17, 15) is 35.9 Å². The van der Waals surface area contributed by atoms with Gasteiger partial charge in [0.15, 0.2) is 0 Å². The van der Waals surface area contributed by atoms with E-state index in [1.54, 1.807) is 29.2 Å². The average Bonchev–Trinajstić information content (AvgIpc) is 2.81. The number of carboxylic acid groups (broad SMARTS) is 1. The summed E-state index contributed by atoms with van der Waals surface area (Å²) in [4.78, 5) is 25.0. The third-order valence-corrected chi connectivity index (χ3v) is 6.29. The van der Waals surface area contributed by atoms with Crippen molar-refractivity contribution < 1.29 is 45.8 Å². The molecule has 1 aliphatic heterocycles. The van der Waals surface area contributed by atoms with Crippen LogP contribution in [0.5, 0.6) is 5.75 Å². The molecule has 0 amide bonds. The minimum Gasteiger partial charge on any atom is -0.481 e. The van der Waals surface area contributed by atoms with Gasteiger partial charge >= 0.3 is 24.3 Å². The number of hydrogen-bond donors (Lipinski definition) is 1. The van der Waals surface area contributed by atoms with Gasteiger partial charge in [-0.2, -0.15) is 26.3 Å². The molecule has 2 aromatic carbocycles. The largest absolute Gasteiger partial charge is 0.481 e. The lowest BCUT2D eigenvalue weighted by atomic mass is 9.92. The second kappa shape index (κ2) is 10.9. The molecule has 1 atom stereocenters. The van der Waals surface area contributed by atoms with Crippen LogP contribution >= 0.6 is 0 Å². The molecule has 0 saturated carbocycles. The van der Waals surface area contributed by atoms with Crippen LogP contribution in [0, 0.1) is 5.92 Å². The molecule has 196 valence electrons. The van der Waals surface area contributed by atoms with Crippen molar-refractivity contribution in [2.24, 2.45) is 5.92 Å². The molecule has 3 rings (SSSR count). The highest BCUT2D eigenvalue weighted by Crippen LogP contribution is 2.40. The van der Waals surface area contributed by atoms with Crippen LogP contribution in [0.1, 0.15) is 54.5 Å². The SMILES string of the molecule is CC(c1cc(C(F)(F)F)ccc1C(F)(F)F)N1CCC(C(=O)Oc2cccc(CCC(=O)O)c2)CC1. The molecule has 0 bridgehead atoms. The lowest BCUT2D eigenvalue weighted by Crippen LogP contribution is -2.39. The summed E-state index contributed by atoms with van der Waals surface area (Å²) in [6.07, 6.45) is -8.86. The zero-order chi connectivity index (χ0) is 26.7. The highest BCUT2D eigenvalue weighted by Gasteiger charge is 2.39. The maximum Gasteiger partial charge on any atom is 0.416 e. The number of halogens is 6. The summed E-state index contributed by atoms with van der Waals surface area (Å²) in [7, 11) is 0. The van der Waals surface area contributed by atoms with Gasteiger partial charge in [-0.3, -0.25) is 14.5 Å². The lowest BCUT2D eigenvalue weighted by molar-refractivity contribution is -0.142. The molecule has 11 heteroatoms. The smallest absolute Gasteiger partial charge is 0.416 e. The zero-order valence-electron chi connectivity index (χ0n) is 19.3. The van der Waals surface area contributed by atoms with E-state index < -0.39 is 52.9 Å². The summed E-state index contributed by atoms with van der Waals surface area (Å²) >= 11 is 0. The number of piperidine rings is 1. The Bertz CT molecular complexity index is 1090. The van der Waals surface area contributed by atoms with Gasteiger partial charge in [-0.15, -0.1) is 0 Å². The molecule has 5 nitrogen and oxygen atoms in total. The fourth-order valence-corrected chi connectivity index (χ4v) is 4.28. The number of carboxylic acids is 1. The topological polar surface area (TPSA) is 66.8 Å². The maximum atomic E-state index is 13.5. The van der Waals surface area contributed by atoms with E-state index >= 15 is 0 Å². The Morgan fingerprint density at radius 3 is 2.28 bits per heavy atom. The minimum atomic E-state index is -4.81. The number of aliphatic carboxylic acids is 1. The van der Waals surface area contributed by atoms with Crippen LogP contribution < -0.4 is 4.74 Å². The summed E-state index contributed by atoms with van der Waals surface area (Å²) in [5.74, 6) is -1.74. The van der Waals surface area contributed by atoms with E-state index in [4.69, 9.17) is 9.84 Å². The van der Waals surface area contributed by atoms with E-state index in [1.165, 1.54) is 6.92 Å². The van der Waals surface area contributed by atoms with E-state index in [0.717, 1.165) is 0 Å². The summed E-state index contributed by atoms with van der Waals surface area (Å²) in [6, 6.07) is 6.97. The molecular formula is C25H25F6NO4. The third kappa shape index (κ3) is 6.99. The molecule has 0 radical (unpaired) electrons. The molecule has 0 spiro atoms. The molecule has 1 heterocycles. The summed E-state index contributed by atoms with van der Waals surface area (Å²) in [5, 5.41) is 8.80. The molecule has 1 fully saturated rings. The second-order valence-corrected chi connectivity index (χ2v) is 8.75. The molecule has 0 aromatic heterocycles. The van der Waals surface area contributed by atoms with Crippen LogP contribution in [0.15, 0.2) is 42.5 Å². The Kier molecular flexibility index (Phi) is 8.33. The van der Waals surface area contributed by atoms with Crippen LogP contribution in [0.25, 0.3) is 0 Å². The fourth-order valence-electron chi connectivity index (χ4n) is 4.28. The van der Waals surface area contributed by atoms with Crippen LogP contribution in [-0.2, 0) is 28.4 Å². The number of aryl methyl sites for hydroxylation is 1. The zero-order valence-corrected chi connectivity index (χ0v) is 19.3. The normalized spacial score (nSPS) is 16.5. The highest BCUT2D eigenvalue weighted by molar-refractivity contribution is 5.75. The summed E-state index contributed by atoms with van der Waals surface area (Å²) < 4.78 is 85.4. The number of hydrogen-bond acceptors (Lipinski definition) is 4. The molecule has 36 heavy (non-hydrogen) atoms. The predicted molar refractivity (Wildman–Crippen MR) is 117 cm³/mol. The second-order valence-electron chi connectivity index (χ2n) is 8.75. The van der Waals surface area contributed by atoms with Gasteiger partial charge in [0.05, 0.1) is 17.0 Å². The number of benzene rings is 2. The lowest BCUT2D eigenvalue weighted by Gasteiger charge is -2.36. The molecule has 1 unspecified atom stereocenters. The number of likely N-dealkylation sites (tertiary alicyclic amines) is 1. The van der Waals surface area contributed by atoms with Crippen LogP contribution in [0.4, 0.5) is 26.3 Å². The molecule has 1 aliphatic rings. The van der Waals surface area contributed by atoms with Gasteiger partial charge in [-0.05, 0) is 80.7 Å². The molecule has 1 saturated heterocycles. The van der Waals surface area contributed by atoms with Gasteiger partial charge in [0.25, 0.3) is 0 Å². The number of alkyl halides is 6. The van der Waals surface area contributed by atoms with E-state index in [1.807, 2.05) is 0 Å². The highest BCUT2D eigenvalue weighted by atomic mass is 19.4. The van der Waals surface area contributed by atoms with Crippen molar-refractivity contribution in [2.45, 2.75) is 51.0 Å². The van der Waals surface area contributed by atoms with Gasteiger partial charge in [0, 0.05) is 12.5 Å². The summed E-state index contributed by atoms with van der Waals surface area (Å²) in [5.41, 5.74) is -2.04. The number of ether oxygens (including phenoxy) is 1. The number of carbonyl (C=O) groups is 2.